The predicted octanol–water partition coefficient (Wildman–Crippen LogP) is 4.62. The summed E-state index contributed by atoms with van der Waals surface area (Å²) < 4.78 is 7.21. The summed E-state index contributed by atoms with van der Waals surface area (Å²) in [7, 11) is 0. The zero-order chi connectivity index (χ0) is 28.5. The first kappa shape index (κ1) is 27.0. The van der Waals surface area contributed by atoms with Crippen LogP contribution in [0.3, 0.4) is 0 Å². The molecule has 41 heavy (non-hydrogen) atoms. The van der Waals surface area contributed by atoms with Gasteiger partial charge in [-0.3, -0.25) is 9.69 Å². The van der Waals surface area contributed by atoms with Crippen LogP contribution in [-0.2, 0) is 0 Å². The van der Waals surface area contributed by atoms with E-state index < -0.39 is 0 Å². The maximum Gasteiger partial charge on any atom is 0.251 e. The predicted molar refractivity (Wildman–Crippen MR) is 158 cm³/mol. The Morgan fingerprint density at radius 3 is 2.73 bits per heavy atom. The fourth-order valence-corrected chi connectivity index (χ4v) is 5.92. The number of amides is 1. The van der Waals surface area contributed by atoms with E-state index in [-0.39, 0.29) is 18.0 Å². The van der Waals surface area contributed by atoms with Crippen molar-refractivity contribution in [1.29, 1.82) is 0 Å². The number of nitrogens with one attached hydrogen (secondary N) is 1. The van der Waals surface area contributed by atoms with Gasteiger partial charge >= 0.3 is 0 Å². The number of anilines is 1. The molecule has 2 atom stereocenters. The van der Waals surface area contributed by atoms with Gasteiger partial charge in [0.15, 0.2) is 11.5 Å². The molecule has 0 aromatic carbocycles. The number of hydrogen-bond acceptors (Lipinski definition) is 10. The molecule has 6 heterocycles. The van der Waals surface area contributed by atoms with E-state index in [1.54, 1.807) is 29.0 Å². The molecule has 12 heteroatoms. The van der Waals surface area contributed by atoms with Crippen LogP contribution >= 0.6 is 11.3 Å². The summed E-state index contributed by atoms with van der Waals surface area (Å²) in [5.74, 6) is 1.67. The summed E-state index contributed by atoms with van der Waals surface area (Å²) in [4.78, 5) is 33.4. The molecule has 2 unspecified atom stereocenters. The Morgan fingerprint density at radius 1 is 1.20 bits per heavy atom. The second-order valence-electron chi connectivity index (χ2n) is 10.2. The molecule has 0 spiro atoms. The van der Waals surface area contributed by atoms with Crippen LogP contribution in [0.4, 0.5) is 5.82 Å². The summed E-state index contributed by atoms with van der Waals surface area (Å²) >= 11 is 1.63. The van der Waals surface area contributed by atoms with Gasteiger partial charge in [-0.15, -0.1) is 11.3 Å². The second-order valence-corrected chi connectivity index (χ2v) is 11.1. The molecule has 0 saturated carbocycles. The molecule has 0 radical (unpaired) electrons. The number of carbonyl (C=O) groups is 1. The Labute approximate surface area is 242 Å². The number of pyridine rings is 1. The van der Waals surface area contributed by atoms with E-state index in [0.717, 1.165) is 42.2 Å². The first-order valence-electron chi connectivity index (χ1n) is 13.9. The molecular weight excluding hydrogens is 538 g/mol. The van der Waals surface area contributed by atoms with Crippen molar-refractivity contribution in [3.63, 3.8) is 0 Å². The monoisotopic (exact) mass is 571 g/mol. The molecule has 1 amide bonds. The molecule has 1 aliphatic rings. The van der Waals surface area contributed by atoms with Crippen LogP contribution < -0.4 is 10.2 Å². The third kappa shape index (κ3) is 5.32. The number of carbonyl (C=O) groups excluding carboxylic acids is 1. The number of aryl methyl sites for hydroxylation is 1. The van der Waals surface area contributed by atoms with Crippen LogP contribution in [-0.4, -0.2) is 72.8 Å². The van der Waals surface area contributed by atoms with Crippen molar-refractivity contribution in [2.45, 2.75) is 46.2 Å². The minimum absolute atomic E-state index is 0.0926. The Morgan fingerprint density at radius 2 is 2.05 bits per heavy atom. The van der Waals surface area contributed by atoms with Gasteiger partial charge in [0.2, 0.25) is 5.89 Å². The summed E-state index contributed by atoms with van der Waals surface area (Å²) in [6, 6.07) is 9.79. The van der Waals surface area contributed by atoms with E-state index in [9.17, 15) is 4.79 Å². The van der Waals surface area contributed by atoms with Crippen molar-refractivity contribution >= 4 is 28.7 Å². The third-order valence-corrected chi connectivity index (χ3v) is 8.52. The summed E-state index contributed by atoms with van der Waals surface area (Å²) in [6.07, 6.45) is 4.51. The SMILES string of the molecule is CCN(CC)C(C)CNC(=O)c1cc(-c2cnn3ccc(-c4cccs4)nc23)nc(N2CCC2c2nc(C)no2)c1. The van der Waals surface area contributed by atoms with E-state index in [1.165, 1.54) is 0 Å². The average molecular weight is 572 g/mol. The lowest BCUT2D eigenvalue weighted by Gasteiger charge is -2.39. The number of aromatic nitrogens is 6. The highest BCUT2D eigenvalue weighted by Gasteiger charge is 2.35. The molecule has 1 fully saturated rings. The molecule has 5 aromatic rings. The maximum absolute atomic E-state index is 13.5. The van der Waals surface area contributed by atoms with E-state index in [0.29, 0.717) is 41.0 Å². The largest absolute Gasteiger partial charge is 0.350 e. The summed E-state index contributed by atoms with van der Waals surface area (Å²) in [6.45, 7) is 11.4. The summed E-state index contributed by atoms with van der Waals surface area (Å²) in [5.41, 5.74) is 3.44. The maximum atomic E-state index is 13.5. The van der Waals surface area contributed by atoms with Gasteiger partial charge in [-0.2, -0.15) is 10.1 Å². The van der Waals surface area contributed by atoms with Crippen molar-refractivity contribution in [3.8, 4) is 21.8 Å². The van der Waals surface area contributed by atoms with Crippen molar-refractivity contribution in [3.05, 3.63) is 65.4 Å². The highest BCUT2D eigenvalue weighted by molar-refractivity contribution is 7.13. The topological polar surface area (TPSA) is 118 Å². The van der Waals surface area contributed by atoms with E-state index in [4.69, 9.17) is 14.5 Å². The van der Waals surface area contributed by atoms with Gasteiger partial charge in [0.05, 0.1) is 28.0 Å². The normalized spacial score (nSPS) is 15.8. The highest BCUT2D eigenvalue weighted by atomic mass is 32.1. The molecule has 212 valence electrons. The van der Waals surface area contributed by atoms with Gasteiger partial charge in [0, 0.05) is 30.9 Å². The zero-order valence-electron chi connectivity index (χ0n) is 23.6. The van der Waals surface area contributed by atoms with Crippen LogP contribution in [0.25, 0.3) is 27.5 Å². The van der Waals surface area contributed by atoms with Crippen LogP contribution in [0.5, 0.6) is 0 Å². The number of nitrogens with zero attached hydrogens (tertiary/aromatic N) is 8. The fraction of sp³-hybridized carbons (Fsp3) is 0.379. The lowest BCUT2D eigenvalue weighted by Crippen LogP contribution is -2.43. The van der Waals surface area contributed by atoms with Gasteiger partial charge < -0.3 is 14.7 Å². The Kier molecular flexibility index (Phi) is 7.50. The fourth-order valence-electron chi connectivity index (χ4n) is 5.23. The lowest BCUT2D eigenvalue weighted by atomic mass is 10.0. The minimum Gasteiger partial charge on any atom is -0.350 e. The Balaban J connectivity index is 1.38. The Hall–Kier alpha value is -4.16. The van der Waals surface area contributed by atoms with E-state index in [1.807, 2.05) is 41.9 Å². The molecule has 0 aliphatic carbocycles. The van der Waals surface area contributed by atoms with Crippen molar-refractivity contribution < 1.29 is 9.32 Å². The molecule has 1 aliphatic heterocycles. The Bertz CT molecular complexity index is 1660. The number of thiophene rings is 1. The number of fused-ring (bicyclic) bond motifs is 1. The average Bonchev–Trinajstić information content (AvgIpc) is 3.73. The lowest BCUT2D eigenvalue weighted by molar-refractivity contribution is 0.0938. The standard InChI is InChI=1S/C29H33N9O2S/c1-5-36(6-2)18(3)16-30-28(39)20-14-23(33-26(15-20)37-11-10-24(37)29-32-19(4)35-40-29)21-17-31-38-12-9-22(34-27(21)38)25-8-7-13-41-25/h7-9,12-15,17-18,24H,5-6,10-11,16H2,1-4H3,(H,30,39). The van der Waals surface area contributed by atoms with Gasteiger partial charge in [-0.1, -0.05) is 25.1 Å². The van der Waals surface area contributed by atoms with Crippen LogP contribution in [0.2, 0.25) is 0 Å². The second kappa shape index (κ2) is 11.4. The quantitative estimate of drug-likeness (QED) is 0.256. The van der Waals surface area contributed by atoms with Crippen molar-refractivity contribution in [1.82, 2.24) is 39.9 Å². The van der Waals surface area contributed by atoms with Crippen molar-refractivity contribution in [2.24, 2.45) is 0 Å². The van der Waals surface area contributed by atoms with Gasteiger partial charge in [0.25, 0.3) is 5.91 Å². The van der Waals surface area contributed by atoms with Crippen LogP contribution in [0, 0.1) is 6.92 Å². The van der Waals surface area contributed by atoms with Gasteiger partial charge in [0.1, 0.15) is 11.9 Å². The van der Waals surface area contributed by atoms with Crippen LogP contribution in [0.1, 0.15) is 55.3 Å². The summed E-state index contributed by atoms with van der Waals surface area (Å²) in [5, 5.41) is 13.7. The van der Waals surface area contributed by atoms with Crippen molar-refractivity contribution in [2.75, 3.05) is 31.1 Å². The minimum atomic E-state index is -0.150. The molecule has 6 rings (SSSR count). The number of hydrogen-bond donors (Lipinski definition) is 1. The molecule has 11 nitrogen and oxygen atoms in total. The van der Waals surface area contributed by atoms with Gasteiger partial charge in [-0.05, 0) is 63.0 Å². The first-order valence-corrected chi connectivity index (χ1v) is 14.8. The molecule has 1 N–H and O–H groups in total. The first-order chi connectivity index (χ1) is 19.9. The number of likely N-dealkylation sites (N-methyl/N-ethyl adjacent to an activating group) is 1. The van der Waals surface area contributed by atoms with Gasteiger partial charge in [-0.25, -0.2) is 14.5 Å². The van der Waals surface area contributed by atoms with Crippen LogP contribution in [0.15, 0.2) is 52.6 Å². The number of rotatable bonds is 10. The molecule has 5 aromatic heterocycles. The molecule has 0 bridgehead atoms. The molecular formula is C29H33N9O2S. The smallest absolute Gasteiger partial charge is 0.251 e. The van der Waals surface area contributed by atoms with E-state index >= 15 is 0 Å². The molecule has 1 saturated heterocycles. The third-order valence-electron chi connectivity index (χ3n) is 7.63. The van der Waals surface area contributed by atoms with E-state index in [2.05, 4.69) is 51.1 Å². The zero-order valence-corrected chi connectivity index (χ0v) is 24.4. The highest BCUT2D eigenvalue weighted by Crippen LogP contribution is 2.38.